The number of ether oxygens (including phenoxy) is 3. The third-order valence-electron chi connectivity index (χ3n) is 6.25. The van der Waals surface area contributed by atoms with Crippen molar-refractivity contribution >= 4 is 32.4 Å². The lowest BCUT2D eigenvalue weighted by Crippen LogP contribution is -2.47. The van der Waals surface area contributed by atoms with Gasteiger partial charge in [-0.05, 0) is 43.7 Å². The van der Waals surface area contributed by atoms with Crippen molar-refractivity contribution in [3.63, 3.8) is 0 Å². The molecule has 0 amide bonds. The molecule has 0 unspecified atom stereocenters. The van der Waals surface area contributed by atoms with E-state index in [9.17, 15) is 21.6 Å². The van der Waals surface area contributed by atoms with E-state index in [-0.39, 0.29) is 32.0 Å². The molecule has 4 rings (SSSR count). The van der Waals surface area contributed by atoms with Crippen molar-refractivity contribution in [3.05, 3.63) is 47.3 Å². The maximum Gasteiger partial charge on any atom is 0.416 e. The van der Waals surface area contributed by atoms with Crippen molar-refractivity contribution in [2.45, 2.75) is 32.2 Å². The highest BCUT2D eigenvalue weighted by atomic mass is 32.2. The van der Waals surface area contributed by atoms with Gasteiger partial charge in [-0.2, -0.15) is 17.5 Å². The van der Waals surface area contributed by atoms with Crippen LogP contribution in [0.2, 0.25) is 0 Å². The number of nitrogens with zero attached hydrogens (tertiary/aromatic N) is 3. The van der Waals surface area contributed by atoms with Crippen LogP contribution in [-0.2, 0) is 20.9 Å². The Kier molecular flexibility index (Phi) is 8.09. The number of nitrogen functional groups attached to an aromatic ring is 1. The first-order valence-electron chi connectivity index (χ1n) is 12.0. The number of halogens is 3. The van der Waals surface area contributed by atoms with Crippen LogP contribution in [0.15, 0.2) is 30.3 Å². The van der Waals surface area contributed by atoms with Crippen molar-refractivity contribution in [1.29, 1.82) is 0 Å². The molecule has 14 heteroatoms. The van der Waals surface area contributed by atoms with Crippen LogP contribution >= 0.6 is 0 Å². The second kappa shape index (κ2) is 11.0. The predicted octanol–water partition coefficient (Wildman–Crippen LogP) is 3.76. The number of methoxy groups -OCH3 is 1. The summed E-state index contributed by atoms with van der Waals surface area (Å²) in [6.45, 7) is 4.13. The lowest BCUT2D eigenvalue weighted by molar-refractivity contribution is -0.137. The molecule has 0 bridgehead atoms. The van der Waals surface area contributed by atoms with Gasteiger partial charge in [0.1, 0.15) is 24.4 Å². The number of benzene rings is 2. The number of morpholine rings is 1. The number of rotatable bonds is 8. The van der Waals surface area contributed by atoms with Gasteiger partial charge in [-0.1, -0.05) is 0 Å². The lowest BCUT2D eigenvalue weighted by Gasteiger charge is -2.31. The summed E-state index contributed by atoms with van der Waals surface area (Å²) in [4.78, 5) is 8.93. The number of alkyl halides is 3. The summed E-state index contributed by atoms with van der Waals surface area (Å²) in [6.07, 6.45) is -3.88. The minimum atomic E-state index is -4.54. The lowest BCUT2D eigenvalue weighted by atomic mass is 10.0. The zero-order chi connectivity index (χ0) is 28.5. The fourth-order valence-corrected chi connectivity index (χ4v) is 5.13. The van der Waals surface area contributed by atoms with E-state index in [1.165, 1.54) is 17.5 Å². The SMILES string of the molecule is COc1cc2nc(C)nc(N[C@H](C)c3cc(N)cc(C(F)(F)F)c3)c2cc1OC[C@@H]1CN(S(C)(=O)=O)CCO1. The molecule has 1 fully saturated rings. The zero-order valence-corrected chi connectivity index (χ0v) is 22.7. The van der Waals surface area contributed by atoms with Gasteiger partial charge in [0.05, 0.1) is 37.1 Å². The average Bonchev–Trinajstić information content (AvgIpc) is 2.85. The Morgan fingerprint density at radius 1 is 1.21 bits per heavy atom. The standard InChI is InChI=1S/C25H30F3N5O5S/c1-14(16-7-17(25(26,27)28)9-18(29)8-16)30-24-20-10-23(22(36-3)11-21(20)31-15(2)32-24)38-13-19-12-33(5-6-37-19)39(4,34)35/h7-11,14,19H,5-6,12-13,29H2,1-4H3,(H,30,31,32)/t14-,19+/m1/s1. The fraction of sp³-hybridized carbons (Fsp3) is 0.440. The van der Waals surface area contributed by atoms with Crippen LogP contribution in [0.4, 0.5) is 24.7 Å². The number of aryl methyl sites for hydroxylation is 1. The second-order valence-electron chi connectivity index (χ2n) is 9.32. The number of fused-ring (bicyclic) bond motifs is 1. The average molecular weight is 570 g/mol. The van der Waals surface area contributed by atoms with Crippen molar-refractivity contribution in [3.8, 4) is 11.5 Å². The molecule has 0 spiro atoms. The second-order valence-corrected chi connectivity index (χ2v) is 11.3. The number of aromatic nitrogens is 2. The first-order chi connectivity index (χ1) is 18.2. The molecule has 1 aliphatic heterocycles. The third kappa shape index (κ3) is 6.81. The Labute approximate surface area is 224 Å². The number of hydrogen-bond donors (Lipinski definition) is 2. The monoisotopic (exact) mass is 569 g/mol. The molecule has 1 aliphatic rings. The molecule has 1 aromatic heterocycles. The maximum absolute atomic E-state index is 13.3. The summed E-state index contributed by atoms with van der Waals surface area (Å²) in [5.74, 6) is 1.55. The van der Waals surface area contributed by atoms with Gasteiger partial charge in [-0.25, -0.2) is 18.4 Å². The highest BCUT2D eigenvalue weighted by molar-refractivity contribution is 7.88. The number of hydrogen-bond acceptors (Lipinski definition) is 9. The summed E-state index contributed by atoms with van der Waals surface area (Å²) < 4.78 is 82.3. The van der Waals surface area contributed by atoms with Gasteiger partial charge < -0.3 is 25.3 Å². The smallest absolute Gasteiger partial charge is 0.416 e. The summed E-state index contributed by atoms with van der Waals surface area (Å²) in [5.41, 5.74) is 5.77. The van der Waals surface area contributed by atoms with E-state index in [1.54, 1.807) is 26.0 Å². The molecule has 212 valence electrons. The third-order valence-corrected chi connectivity index (χ3v) is 7.52. The van der Waals surface area contributed by atoms with Gasteiger partial charge in [-0.3, -0.25) is 0 Å². The topological polar surface area (TPSA) is 129 Å². The normalized spacial score (nSPS) is 17.7. The van der Waals surface area contributed by atoms with E-state index in [1.807, 2.05) is 0 Å². The van der Waals surface area contributed by atoms with E-state index in [0.717, 1.165) is 18.4 Å². The Balaban J connectivity index is 1.62. The molecular formula is C25H30F3N5O5S. The minimum Gasteiger partial charge on any atom is -0.493 e. The van der Waals surface area contributed by atoms with E-state index in [0.29, 0.717) is 39.6 Å². The first kappa shape index (κ1) is 28.6. The van der Waals surface area contributed by atoms with Crippen LogP contribution in [-0.4, -0.2) is 68.5 Å². The zero-order valence-electron chi connectivity index (χ0n) is 21.9. The van der Waals surface area contributed by atoms with Gasteiger partial charge in [0.2, 0.25) is 10.0 Å². The van der Waals surface area contributed by atoms with Gasteiger partial charge in [0.15, 0.2) is 11.5 Å². The fourth-order valence-electron chi connectivity index (χ4n) is 4.29. The number of nitrogens with one attached hydrogen (secondary N) is 1. The summed E-state index contributed by atoms with van der Waals surface area (Å²) in [6, 6.07) is 6.16. The molecule has 3 N–H and O–H groups in total. The summed E-state index contributed by atoms with van der Waals surface area (Å²) in [5, 5.41) is 3.72. The predicted molar refractivity (Wildman–Crippen MR) is 140 cm³/mol. The molecule has 10 nitrogen and oxygen atoms in total. The molecule has 2 aromatic carbocycles. The van der Waals surface area contributed by atoms with E-state index < -0.39 is 33.9 Å². The molecule has 0 aliphatic carbocycles. The van der Waals surface area contributed by atoms with Gasteiger partial charge in [0.25, 0.3) is 0 Å². The quantitative estimate of drug-likeness (QED) is 0.390. The van der Waals surface area contributed by atoms with Crippen LogP contribution in [0.1, 0.15) is 29.9 Å². The number of anilines is 2. The molecule has 2 atom stereocenters. The molecule has 39 heavy (non-hydrogen) atoms. The Morgan fingerprint density at radius 3 is 2.62 bits per heavy atom. The Morgan fingerprint density at radius 2 is 1.95 bits per heavy atom. The highest BCUT2D eigenvalue weighted by Gasteiger charge is 2.32. The van der Waals surface area contributed by atoms with Crippen LogP contribution in [0.5, 0.6) is 11.5 Å². The maximum atomic E-state index is 13.3. The van der Waals surface area contributed by atoms with Crippen molar-refractivity contribution < 1.29 is 35.8 Å². The van der Waals surface area contributed by atoms with Crippen LogP contribution in [0.25, 0.3) is 10.9 Å². The first-order valence-corrected chi connectivity index (χ1v) is 13.9. The molecule has 0 radical (unpaired) electrons. The number of sulfonamides is 1. The van der Waals surface area contributed by atoms with Crippen molar-refractivity contribution in [2.75, 3.05) is 50.7 Å². The Hall–Kier alpha value is -3.36. The van der Waals surface area contributed by atoms with Crippen LogP contribution in [0, 0.1) is 6.92 Å². The van der Waals surface area contributed by atoms with Crippen LogP contribution < -0.4 is 20.5 Å². The van der Waals surface area contributed by atoms with Crippen molar-refractivity contribution in [1.82, 2.24) is 14.3 Å². The number of nitrogens with two attached hydrogens (primary N) is 1. The van der Waals surface area contributed by atoms with Gasteiger partial charge in [0, 0.05) is 30.2 Å². The molecule has 0 saturated carbocycles. The van der Waals surface area contributed by atoms with Crippen LogP contribution in [0.3, 0.4) is 0 Å². The van der Waals surface area contributed by atoms with E-state index in [4.69, 9.17) is 19.9 Å². The van der Waals surface area contributed by atoms with Gasteiger partial charge in [-0.15, -0.1) is 0 Å². The van der Waals surface area contributed by atoms with E-state index in [2.05, 4.69) is 15.3 Å². The van der Waals surface area contributed by atoms with Gasteiger partial charge >= 0.3 is 6.18 Å². The summed E-state index contributed by atoms with van der Waals surface area (Å²) >= 11 is 0. The molecule has 3 aromatic rings. The summed E-state index contributed by atoms with van der Waals surface area (Å²) in [7, 11) is -1.89. The van der Waals surface area contributed by atoms with E-state index >= 15 is 0 Å². The molecule has 1 saturated heterocycles. The largest absolute Gasteiger partial charge is 0.493 e. The van der Waals surface area contributed by atoms with Crippen molar-refractivity contribution in [2.24, 2.45) is 0 Å². The molecule has 2 heterocycles. The molecular weight excluding hydrogens is 539 g/mol. The minimum absolute atomic E-state index is 0.00278. The Bertz CT molecular complexity index is 1470. The highest BCUT2D eigenvalue weighted by Crippen LogP contribution is 2.37.